The summed E-state index contributed by atoms with van der Waals surface area (Å²) in [6.45, 7) is 3.13. The van der Waals surface area contributed by atoms with Crippen LogP contribution in [-0.4, -0.2) is 64.7 Å². The van der Waals surface area contributed by atoms with Crippen LogP contribution in [0, 0.1) is 0 Å². The van der Waals surface area contributed by atoms with Gasteiger partial charge < -0.3 is 20.6 Å². The predicted molar refractivity (Wildman–Crippen MR) is 116 cm³/mol. The van der Waals surface area contributed by atoms with Crippen LogP contribution in [0.15, 0.2) is 36.7 Å². The molecule has 4 heterocycles. The highest BCUT2D eigenvalue weighted by atomic mass is 16.3. The molecule has 9 nitrogen and oxygen atoms in total. The first kappa shape index (κ1) is 18.8. The lowest BCUT2D eigenvalue weighted by molar-refractivity contribution is 0.235. The summed E-state index contributed by atoms with van der Waals surface area (Å²) in [7, 11) is 1.88. The maximum Gasteiger partial charge on any atom is 0.327 e. The van der Waals surface area contributed by atoms with Crippen molar-refractivity contribution in [1.29, 1.82) is 0 Å². The molecule has 2 aliphatic rings. The van der Waals surface area contributed by atoms with Crippen molar-refractivity contribution in [3.8, 4) is 0 Å². The van der Waals surface area contributed by atoms with Gasteiger partial charge in [0.1, 0.15) is 5.82 Å². The van der Waals surface area contributed by atoms with Gasteiger partial charge in [-0.05, 0) is 30.7 Å². The highest BCUT2D eigenvalue weighted by Gasteiger charge is 2.31. The molecular weight excluding hydrogens is 382 g/mol. The van der Waals surface area contributed by atoms with Crippen LogP contribution in [0.1, 0.15) is 5.56 Å². The molecule has 1 saturated heterocycles. The number of carbonyl (C=O) groups is 1. The molecule has 1 fully saturated rings. The molecular formula is C21H25N7O2. The Morgan fingerprint density at radius 3 is 3.10 bits per heavy atom. The fourth-order valence-corrected chi connectivity index (χ4v) is 4.35. The number of hydrogen-bond donors (Lipinski definition) is 3. The summed E-state index contributed by atoms with van der Waals surface area (Å²) >= 11 is 0. The number of carbonyl (C=O) groups excluding carboxylic acids is 1. The van der Waals surface area contributed by atoms with E-state index in [4.69, 9.17) is 0 Å². The largest absolute Gasteiger partial charge is 0.395 e. The monoisotopic (exact) mass is 407 g/mol. The van der Waals surface area contributed by atoms with Crippen molar-refractivity contribution in [3.63, 3.8) is 0 Å². The highest BCUT2D eigenvalue weighted by molar-refractivity contribution is 6.03. The molecule has 0 aliphatic carbocycles. The number of pyridine rings is 1. The van der Waals surface area contributed by atoms with Crippen molar-refractivity contribution in [2.75, 3.05) is 47.9 Å². The van der Waals surface area contributed by atoms with E-state index >= 15 is 0 Å². The third-order valence-corrected chi connectivity index (χ3v) is 5.78. The predicted octanol–water partition coefficient (Wildman–Crippen LogP) is 1.33. The van der Waals surface area contributed by atoms with Crippen molar-refractivity contribution >= 4 is 34.1 Å². The molecule has 2 aromatic heterocycles. The third kappa shape index (κ3) is 3.35. The first-order valence-corrected chi connectivity index (χ1v) is 10.2. The number of fused-ring (bicyclic) bond motifs is 2. The summed E-state index contributed by atoms with van der Waals surface area (Å²) in [6.07, 6.45) is 4.45. The Hall–Kier alpha value is -3.17. The minimum Gasteiger partial charge on any atom is -0.395 e. The number of anilines is 3. The number of aliphatic hydroxyl groups is 1. The number of piperazine rings is 1. The number of amides is 2. The maximum atomic E-state index is 13.0. The van der Waals surface area contributed by atoms with E-state index in [0.717, 1.165) is 53.9 Å². The van der Waals surface area contributed by atoms with Crippen molar-refractivity contribution in [2.24, 2.45) is 7.05 Å². The molecule has 2 amide bonds. The molecule has 0 unspecified atom stereocenters. The summed E-state index contributed by atoms with van der Waals surface area (Å²) in [6, 6.07) is 7.58. The van der Waals surface area contributed by atoms with Gasteiger partial charge in [0.25, 0.3) is 0 Å². The summed E-state index contributed by atoms with van der Waals surface area (Å²) in [5.74, 6) is 0.714. The Labute approximate surface area is 174 Å². The zero-order valence-corrected chi connectivity index (χ0v) is 16.9. The Balaban J connectivity index is 1.36. The van der Waals surface area contributed by atoms with Crippen molar-refractivity contribution in [3.05, 3.63) is 42.2 Å². The fourth-order valence-electron chi connectivity index (χ4n) is 4.35. The number of nitrogens with zero attached hydrogens (tertiary/aromatic N) is 5. The van der Waals surface area contributed by atoms with E-state index in [-0.39, 0.29) is 18.7 Å². The molecule has 30 heavy (non-hydrogen) atoms. The van der Waals surface area contributed by atoms with Crippen LogP contribution in [0.3, 0.4) is 0 Å². The van der Waals surface area contributed by atoms with E-state index in [1.165, 1.54) is 0 Å². The number of hydrogen-bond acceptors (Lipinski definition) is 6. The van der Waals surface area contributed by atoms with E-state index in [1.54, 1.807) is 15.8 Å². The van der Waals surface area contributed by atoms with Gasteiger partial charge >= 0.3 is 6.03 Å². The van der Waals surface area contributed by atoms with Crippen LogP contribution < -0.4 is 20.4 Å². The lowest BCUT2D eigenvalue weighted by Crippen LogP contribution is -2.52. The average Bonchev–Trinajstić information content (AvgIpc) is 3.36. The molecule has 3 aromatic rings. The van der Waals surface area contributed by atoms with E-state index in [2.05, 4.69) is 25.6 Å². The van der Waals surface area contributed by atoms with Crippen LogP contribution in [0.5, 0.6) is 0 Å². The van der Waals surface area contributed by atoms with Gasteiger partial charge in [-0.25, -0.2) is 9.78 Å². The lowest BCUT2D eigenvalue weighted by Gasteiger charge is -2.35. The number of urea groups is 1. The number of nitrogens with one attached hydrogen (secondary N) is 2. The standard InChI is InChI=1S/C21H25N7O2/c1-26-11-14-10-15(2-3-18(14)25-26)24-21(30)28-8-5-17-19(4-6-23-20(17)28)27-9-7-22-16(12-27)13-29/h2-4,6,10-11,16,22,29H,5,7-9,12-13H2,1H3,(H,24,30)/t16-/m1/s1. The van der Waals surface area contributed by atoms with Gasteiger partial charge in [-0.15, -0.1) is 0 Å². The van der Waals surface area contributed by atoms with Crippen LogP contribution in [0.4, 0.5) is 22.0 Å². The topological polar surface area (TPSA) is 98.6 Å². The summed E-state index contributed by atoms with van der Waals surface area (Å²) < 4.78 is 1.76. The minimum absolute atomic E-state index is 0.0609. The molecule has 1 atom stereocenters. The molecule has 0 spiro atoms. The molecule has 5 rings (SSSR count). The smallest absolute Gasteiger partial charge is 0.327 e. The van der Waals surface area contributed by atoms with Gasteiger partial charge in [0.05, 0.1) is 12.1 Å². The van der Waals surface area contributed by atoms with E-state index in [9.17, 15) is 9.90 Å². The lowest BCUT2D eigenvalue weighted by atomic mass is 10.1. The Bertz CT molecular complexity index is 1100. The SMILES string of the molecule is Cn1cc2cc(NC(=O)N3CCc4c(N5CCN[C@@H](CO)C5)ccnc43)ccc2n1. The second-order valence-corrected chi connectivity index (χ2v) is 7.82. The molecule has 0 bridgehead atoms. The van der Waals surface area contributed by atoms with Crippen LogP contribution >= 0.6 is 0 Å². The van der Waals surface area contributed by atoms with Crippen LogP contribution in [-0.2, 0) is 13.5 Å². The summed E-state index contributed by atoms with van der Waals surface area (Å²) in [5, 5.41) is 21.2. The normalized spacial score (nSPS) is 18.7. The van der Waals surface area contributed by atoms with Gasteiger partial charge in [0.15, 0.2) is 0 Å². The van der Waals surface area contributed by atoms with Crippen molar-refractivity contribution in [1.82, 2.24) is 20.1 Å². The molecule has 156 valence electrons. The van der Waals surface area contributed by atoms with Gasteiger partial charge in [-0.1, -0.05) is 0 Å². The number of aromatic nitrogens is 3. The Kier molecular flexibility index (Phi) is 4.76. The van der Waals surface area contributed by atoms with Crippen molar-refractivity contribution in [2.45, 2.75) is 12.5 Å². The molecule has 3 N–H and O–H groups in total. The fraction of sp³-hybridized carbons (Fsp3) is 0.381. The van der Waals surface area contributed by atoms with Gasteiger partial charge in [0.2, 0.25) is 0 Å². The Morgan fingerprint density at radius 1 is 1.33 bits per heavy atom. The highest BCUT2D eigenvalue weighted by Crippen LogP contribution is 2.34. The second kappa shape index (κ2) is 7.58. The molecule has 0 saturated carbocycles. The minimum atomic E-state index is -0.185. The van der Waals surface area contributed by atoms with Gasteiger partial charge in [-0.3, -0.25) is 9.58 Å². The van der Waals surface area contributed by atoms with Crippen LogP contribution in [0.25, 0.3) is 10.9 Å². The molecule has 1 aromatic carbocycles. The molecule has 2 aliphatic heterocycles. The first-order valence-electron chi connectivity index (χ1n) is 10.2. The zero-order valence-electron chi connectivity index (χ0n) is 16.9. The quantitative estimate of drug-likeness (QED) is 0.606. The van der Waals surface area contributed by atoms with Gasteiger partial charge in [0, 0.05) is 74.0 Å². The van der Waals surface area contributed by atoms with E-state index in [1.807, 2.05) is 37.5 Å². The first-order chi connectivity index (χ1) is 14.6. The second-order valence-electron chi connectivity index (χ2n) is 7.82. The average molecular weight is 407 g/mol. The zero-order chi connectivity index (χ0) is 20.7. The van der Waals surface area contributed by atoms with Gasteiger partial charge in [-0.2, -0.15) is 5.10 Å². The maximum absolute atomic E-state index is 13.0. The van der Waals surface area contributed by atoms with E-state index in [0.29, 0.717) is 12.4 Å². The number of aliphatic hydroxyl groups excluding tert-OH is 1. The van der Waals surface area contributed by atoms with Crippen LogP contribution in [0.2, 0.25) is 0 Å². The summed E-state index contributed by atoms with van der Waals surface area (Å²) in [4.78, 5) is 21.5. The molecule has 0 radical (unpaired) electrons. The number of benzene rings is 1. The Morgan fingerprint density at radius 2 is 2.23 bits per heavy atom. The van der Waals surface area contributed by atoms with Crippen molar-refractivity contribution < 1.29 is 9.90 Å². The summed E-state index contributed by atoms with van der Waals surface area (Å²) in [5.41, 5.74) is 3.82. The molecule has 9 heteroatoms. The van der Waals surface area contributed by atoms with E-state index < -0.39 is 0 Å². The third-order valence-electron chi connectivity index (χ3n) is 5.78. The number of rotatable bonds is 3. The number of aryl methyl sites for hydroxylation is 1.